The number of rotatable bonds is 7. The highest BCUT2D eigenvalue weighted by Crippen LogP contribution is 2.36. The summed E-state index contributed by atoms with van der Waals surface area (Å²) in [5, 5.41) is 13.5. The Morgan fingerprint density at radius 1 is 0.969 bits per heavy atom. The van der Waals surface area contributed by atoms with E-state index in [1.165, 1.54) is 7.11 Å². The summed E-state index contributed by atoms with van der Waals surface area (Å²) < 4.78 is 21.5. The number of methoxy groups -OCH3 is 1. The zero-order chi connectivity index (χ0) is 22.5. The minimum Gasteiger partial charge on any atom is -0.495 e. The third-order valence-corrected chi connectivity index (χ3v) is 4.69. The van der Waals surface area contributed by atoms with Crippen molar-refractivity contribution in [1.82, 2.24) is 0 Å². The molecule has 8 nitrogen and oxygen atoms in total. The maximum atomic E-state index is 12.3. The topological polar surface area (TPSA) is 111 Å². The number of esters is 1. The zero-order valence-electron chi connectivity index (χ0n) is 17.1. The van der Waals surface area contributed by atoms with Crippen molar-refractivity contribution in [2.24, 2.45) is 0 Å². The number of anilines is 1. The lowest BCUT2D eigenvalue weighted by molar-refractivity contribution is -0.149. The van der Waals surface area contributed by atoms with Crippen molar-refractivity contribution in [3.63, 3.8) is 0 Å². The Morgan fingerprint density at radius 2 is 1.75 bits per heavy atom. The second-order valence-electron chi connectivity index (χ2n) is 6.75. The molecule has 0 bridgehead atoms. The highest BCUT2D eigenvalue weighted by atomic mass is 16.6. The van der Waals surface area contributed by atoms with Gasteiger partial charge >= 0.3 is 5.97 Å². The van der Waals surface area contributed by atoms with Crippen molar-refractivity contribution in [2.45, 2.75) is 0 Å². The molecule has 0 saturated carbocycles. The number of benzene rings is 3. The van der Waals surface area contributed by atoms with Crippen LogP contribution in [0.4, 0.5) is 5.69 Å². The van der Waals surface area contributed by atoms with Gasteiger partial charge in [-0.05, 0) is 24.3 Å². The van der Waals surface area contributed by atoms with Crippen LogP contribution in [0.2, 0.25) is 0 Å². The quantitative estimate of drug-likeness (QED) is 0.441. The summed E-state index contributed by atoms with van der Waals surface area (Å²) in [5.74, 6) is -0.586. The molecule has 1 heterocycles. The Hall–Kier alpha value is -4.51. The molecular weight excluding hydrogens is 412 g/mol. The van der Waals surface area contributed by atoms with E-state index in [1.54, 1.807) is 36.4 Å². The standard InChI is InChI=1S/C24H18N2O6/c1-29-22-10-17-16-7-3-5-9-20(16)32-21(17)11-18(22)26-23(27)13-31-24(28)14-30-19-8-4-2-6-15(19)12-25/h2-11H,13-14H2,1H3,(H,26,27). The Kier molecular flexibility index (Phi) is 5.90. The van der Waals surface area contributed by atoms with Gasteiger partial charge in [-0.2, -0.15) is 5.26 Å². The summed E-state index contributed by atoms with van der Waals surface area (Å²) >= 11 is 0. The first-order valence-corrected chi connectivity index (χ1v) is 9.65. The Labute approximate surface area is 182 Å². The lowest BCUT2D eigenvalue weighted by atomic mass is 10.1. The first-order chi connectivity index (χ1) is 15.6. The van der Waals surface area contributed by atoms with Crippen LogP contribution in [0.3, 0.4) is 0 Å². The summed E-state index contributed by atoms with van der Waals surface area (Å²) in [6, 6.07) is 19.5. The molecule has 1 aromatic heterocycles. The smallest absolute Gasteiger partial charge is 0.344 e. The van der Waals surface area contributed by atoms with Crippen molar-refractivity contribution in [3.05, 3.63) is 66.2 Å². The van der Waals surface area contributed by atoms with E-state index in [0.717, 1.165) is 16.4 Å². The molecule has 32 heavy (non-hydrogen) atoms. The van der Waals surface area contributed by atoms with E-state index in [1.807, 2.05) is 30.3 Å². The van der Waals surface area contributed by atoms with Crippen LogP contribution in [-0.4, -0.2) is 32.2 Å². The molecule has 0 aliphatic heterocycles. The van der Waals surface area contributed by atoms with E-state index < -0.39 is 25.1 Å². The third kappa shape index (κ3) is 4.32. The van der Waals surface area contributed by atoms with Crippen LogP contribution >= 0.6 is 0 Å². The fourth-order valence-electron chi connectivity index (χ4n) is 3.21. The molecule has 0 saturated heterocycles. The Morgan fingerprint density at radius 3 is 2.56 bits per heavy atom. The molecule has 0 radical (unpaired) electrons. The van der Waals surface area contributed by atoms with Crippen LogP contribution in [0, 0.1) is 11.3 Å². The first kappa shape index (κ1) is 20.8. The number of amides is 1. The van der Waals surface area contributed by atoms with Crippen LogP contribution < -0.4 is 14.8 Å². The molecule has 1 N–H and O–H groups in total. The zero-order valence-corrected chi connectivity index (χ0v) is 17.1. The maximum absolute atomic E-state index is 12.3. The minimum absolute atomic E-state index is 0.264. The van der Waals surface area contributed by atoms with E-state index in [0.29, 0.717) is 22.6 Å². The van der Waals surface area contributed by atoms with Gasteiger partial charge in [0.05, 0.1) is 18.4 Å². The summed E-state index contributed by atoms with van der Waals surface area (Å²) in [4.78, 5) is 24.2. The number of ether oxygens (including phenoxy) is 3. The molecule has 0 aliphatic carbocycles. The normalized spacial score (nSPS) is 10.5. The second-order valence-corrected chi connectivity index (χ2v) is 6.75. The third-order valence-electron chi connectivity index (χ3n) is 4.69. The van der Waals surface area contributed by atoms with Crippen molar-refractivity contribution in [1.29, 1.82) is 5.26 Å². The molecule has 3 aromatic carbocycles. The monoisotopic (exact) mass is 430 g/mol. The van der Waals surface area contributed by atoms with Crippen LogP contribution in [0.25, 0.3) is 21.9 Å². The largest absolute Gasteiger partial charge is 0.495 e. The van der Waals surface area contributed by atoms with Gasteiger partial charge in [-0.15, -0.1) is 0 Å². The van der Waals surface area contributed by atoms with Gasteiger partial charge in [-0.25, -0.2) is 4.79 Å². The molecule has 0 unspecified atom stereocenters. The second kappa shape index (κ2) is 9.10. The molecule has 0 atom stereocenters. The van der Waals surface area contributed by atoms with Crippen LogP contribution in [0.5, 0.6) is 11.5 Å². The SMILES string of the molecule is COc1cc2c(cc1NC(=O)COC(=O)COc1ccccc1C#N)oc1ccccc12. The molecule has 160 valence electrons. The van der Waals surface area contributed by atoms with E-state index in [9.17, 15) is 9.59 Å². The van der Waals surface area contributed by atoms with Gasteiger partial charge in [0.1, 0.15) is 28.7 Å². The number of hydrogen-bond acceptors (Lipinski definition) is 7. The molecular formula is C24H18N2O6. The fraction of sp³-hybridized carbons (Fsp3) is 0.125. The van der Waals surface area contributed by atoms with Gasteiger partial charge in [0.2, 0.25) is 0 Å². The van der Waals surface area contributed by atoms with E-state index in [2.05, 4.69) is 5.32 Å². The van der Waals surface area contributed by atoms with Gasteiger partial charge in [-0.1, -0.05) is 30.3 Å². The number of furan rings is 1. The number of para-hydroxylation sites is 2. The van der Waals surface area contributed by atoms with Crippen molar-refractivity contribution in [3.8, 4) is 17.6 Å². The van der Waals surface area contributed by atoms with E-state index in [-0.39, 0.29) is 5.75 Å². The number of fused-ring (bicyclic) bond motifs is 3. The number of hydrogen-bond donors (Lipinski definition) is 1. The fourth-order valence-corrected chi connectivity index (χ4v) is 3.21. The predicted octanol–water partition coefficient (Wildman–Crippen LogP) is 4.03. The summed E-state index contributed by atoms with van der Waals surface area (Å²) in [6.45, 7) is -0.941. The van der Waals surface area contributed by atoms with Gasteiger partial charge in [-0.3, -0.25) is 4.79 Å². The Balaban J connectivity index is 1.38. The minimum atomic E-state index is -0.743. The van der Waals surface area contributed by atoms with E-state index in [4.69, 9.17) is 23.9 Å². The highest BCUT2D eigenvalue weighted by Gasteiger charge is 2.15. The molecule has 0 fully saturated rings. The number of carbonyl (C=O) groups is 2. The highest BCUT2D eigenvalue weighted by molar-refractivity contribution is 6.07. The molecule has 0 spiro atoms. The molecule has 8 heteroatoms. The van der Waals surface area contributed by atoms with Crippen LogP contribution in [-0.2, 0) is 14.3 Å². The lowest BCUT2D eigenvalue weighted by Crippen LogP contribution is -2.24. The van der Waals surface area contributed by atoms with E-state index >= 15 is 0 Å². The number of nitrogens with zero attached hydrogens (tertiary/aromatic N) is 1. The van der Waals surface area contributed by atoms with Gasteiger partial charge in [0.15, 0.2) is 13.2 Å². The maximum Gasteiger partial charge on any atom is 0.344 e. The number of nitriles is 1. The van der Waals surface area contributed by atoms with Crippen molar-refractivity contribution < 1.29 is 28.2 Å². The molecule has 1 amide bonds. The molecule has 0 aliphatic rings. The lowest BCUT2D eigenvalue weighted by Gasteiger charge is -2.11. The van der Waals surface area contributed by atoms with Crippen molar-refractivity contribution >= 4 is 39.5 Å². The average Bonchev–Trinajstić information content (AvgIpc) is 3.18. The summed E-state index contributed by atoms with van der Waals surface area (Å²) in [7, 11) is 1.50. The predicted molar refractivity (Wildman–Crippen MR) is 117 cm³/mol. The van der Waals surface area contributed by atoms with Crippen LogP contribution in [0.15, 0.2) is 65.1 Å². The summed E-state index contributed by atoms with van der Waals surface area (Å²) in [5.41, 5.74) is 1.99. The van der Waals surface area contributed by atoms with Gasteiger partial charge in [0.25, 0.3) is 5.91 Å². The first-order valence-electron chi connectivity index (χ1n) is 9.65. The van der Waals surface area contributed by atoms with Gasteiger partial charge in [0, 0.05) is 16.8 Å². The number of nitrogens with one attached hydrogen (secondary N) is 1. The van der Waals surface area contributed by atoms with Crippen molar-refractivity contribution in [2.75, 3.05) is 25.6 Å². The van der Waals surface area contributed by atoms with Gasteiger partial charge < -0.3 is 23.9 Å². The van der Waals surface area contributed by atoms with Crippen LogP contribution in [0.1, 0.15) is 5.56 Å². The summed E-state index contributed by atoms with van der Waals surface area (Å²) in [6.07, 6.45) is 0. The Bertz CT molecular complexity index is 1350. The average molecular weight is 430 g/mol. The number of carbonyl (C=O) groups excluding carboxylic acids is 2. The molecule has 4 rings (SSSR count). The molecule has 4 aromatic rings.